The molecule has 6 heteroatoms. The Morgan fingerprint density at radius 3 is 2.85 bits per heavy atom. The summed E-state index contributed by atoms with van der Waals surface area (Å²) < 4.78 is 4.62. The summed E-state index contributed by atoms with van der Waals surface area (Å²) in [6.07, 6.45) is 0.536. The van der Waals surface area contributed by atoms with Crippen LogP contribution in [0.1, 0.15) is 19.8 Å². The van der Waals surface area contributed by atoms with Crippen molar-refractivity contribution in [2.75, 3.05) is 13.2 Å². The number of ether oxygens (including phenoxy) is 1. The standard InChI is InChI=1S/C7H12N2O4/c1-2-3-7(9(11)12)4-8-6(10)13-5-7/h2-5H2,1H3,(H,8,10). The minimum Gasteiger partial charge on any atom is -0.442 e. The molecule has 1 heterocycles. The second kappa shape index (κ2) is 3.59. The van der Waals surface area contributed by atoms with E-state index in [1.54, 1.807) is 0 Å². The first-order chi connectivity index (χ1) is 6.10. The monoisotopic (exact) mass is 188 g/mol. The molecule has 6 nitrogen and oxygen atoms in total. The number of carbonyl (C=O) groups is 1. The van der Waals surface area contributed by atoms with Gasteiger partial charge in [-0.2, -0.15) is 0 Å². The van der Waals surface area contributed by atoms with Gasteiger partial charge in [0.25, 0.3) is 5.54 Å². The molecule has 1 fully saturated rings. The fourth-order valence-electron chi connectivity index (χ4n) is 1.37. The van der Waals surface area contributed by atoms with E-state index in [1.807, 2.05) is 6.92 Å². The molecule has 1 atom stereocenters. The average Bonchev–Trinajstić information content (AvgIpc) is 2.09. The molecule has 0 aromatic rings. The highest BCUT2D eigenvalue weighted by Crippen LogP contribution is 2.19. The van der Waals surface area contributed by atoms with Crippen LogP contribution in [0.3, 0.4) is 0 Å². The second-order valence-electron chi connectivity index (χ2n) is 3.16. The number of cyclic esters (lactones) is 1. The van der Waals surface area contributed by atoms with Crippen LogP contribution in [0.4, 0.5) is 4.79 Å². The molecule has 1 aliphatic rings. The Bertz CT molecular complexity index is 219. The highest BCUT2D eigenvalue weighted by molar-refractivity contribution is 5.68. The molecule has 0 aromatic heterocycles. The van der Waals surface area contributed by atoms with E-state index in [-0.39, 0.29) is 18.1 Å². The van der Waals surface area contributed by atoms with Crippen molar-refractivity contribution in [1.29, 1.82) is 0 Å². The van der Waals surface area contributed by atoms with E-state index in [9.17, 15) is 14.9 Å². The number of alkyl carbamates (subject to hydrolysis) is 1. The number of hydrogen-bond acceptors (Lipinski definition) is 4. The maximum atomic E-state index is 10.7. The highest BCUT2D eigenvalue weighted by Gasteiger charge is 2.46. The molecule has 1 saturated heterocycles. The third-order valence-electron chi connectivity index (χ3n) is 2.14. The van der Waals surface area contributed by atoms with Gasteiger partial charge in [0.1, 0.15) is 0 Å². The number of nitrogens with zero attached hydrogens (tertiary/aromatic N) is 1. The van der Waals surface area contributed by atoms with Crippen molar-refractivity contribution in [3.8, 4) is 0 Å². The molecular weight excluding hydrogens is 176 g/mol. The molecule has 1 amide bonds. The number of nitro groups is 1. The van der Waals surface area contributed by atoms with E-state index < -0.39 is 11.6 Å². The Hall–Kier alpha value is -1.33. The second-order valence-corrected chi connectivity index (χ2v) is 3.16. The molecule has 0 radical (unpaired) electrons. The molecule has 1 N–H and O–H groups in total. The molecule has 13 heavy (non-hydrogen) atoms. The largest absolute Gasteiger partial charge is 0.442 e. The van der Waals surface area contributed by atoms with Gasteiger partial charge in [-0.25, -0.2) is 4.79 Å². The van der Waals surface area contributed by atoms with Crippen molar-refractivity contribution >= 4 is 6.09 Å². The predicted molar refractivity (Wildman–Crippen MR) is 44.0 cm³/mol. The Kier molecular flexibility index (Phi) is 2.69. The zero-order valence-electron chi connectivity index (χ0n) is 7.41. The Morgan fingerprint density at radius 2 is 2.46 bits per heavy atom. The quantitative estimate of drug-likeness (QED) is 0.517. The molecule has 74 valence electrons. The van der Waals surface area contributed by atoms with Crippen molar-refractivity contribution in [2.24, 2.45) is 0 Å². The zero-order chi connectivity index (χ0) is 9.90. The van der Waals surface area contributed by atoms with Gasteiger partial charge in [-0.15, -0.1) is 0 Å². The van der Waals surface area contributed by atoms with E-state index in [2.05, 4.69) is 10.1 Å². The Balaban J connectivity index is 2.68. The van der Waals surface area contributed by atoms with Gasteiger partial charge >= 0.3 is 6.09 Å². The fraction of sp³-hybridized carbons (Fsp3) is 0.857. The van der Waals surface area contributed by atoms with E-state index in [0.717, 1.165) is 0 Å². The van der Waals surface area contributed by atoms with Crippen LogP contribution in [0.2, 0.25) is 0 Å². The highest BCUT2D eigenvalue weighted by atomic mass is 16.6. The minimum atomic E-state index is -1.12. The maximum Gasteiger partial charge on any atom is 0.407 e. The molecule has 1 unspecified atom stereocenters. The summed E-state index contributed by atoms with van der Waals surface area (Å²) in [6.45, 7) is 1.80. The Morgan fingerprint density at radius 1 is 1.77 bits per heavy atom. The van der Waals surface area contributed by atoms with Gasteiger partial charge in [0.2, 0.25) is 0 Å². The summed E-state index contributed by atoms with van der Waals surface area (Å²) >= 11 is 0. The van der Waals surface area contributed by atoms with Crippen molar-refractivity contribution in [3.63, 3.8) is 0 Å². The lowest BCUT2D eigenvalue weighted by molar-refractivity contribution is -0.574. The van der Waals surface area contributed by atoms with Crippen LogP contribution in [0.5, 0.6) is 0 Å². The van der Waals surface area contributed by atoms with Gasteiger partial charge < -0.3 is 10.1 Å². The van der Waals surface area contributed by atoms with Crippen molar-refractivity contribution in [1.82, 2.24) is 5.32 Å². The number of carbonyl (C=O) groups excluding carboxylic acids is 1. The zero-order valence-corrected chi connectivity index (χ0v) is 7.41. The van der Waals surface area contributed by atoms with Crippen LogP contribution < -0.4 is 5.32 Å². The van der Waals surface area contributed by atoms with E-state index in [1.165, 1.54) is 0 Å². The molecule has 0 spiro atoms. The van der Waals surface area contributed by atoms with Crippen molar-refractivity contribution < 1.29 is 14.5 Å². The first-order valence-corrected chi connectivity index (χ1v) is 4.16. The summed E-state index contributed by atoms with van der Waals surface area (Å²) in [5.74, 6) is 0. The molecule has 0 aromatic carbocycles. The summed E-state index contributed by atoms with van der Waals surface area (Å²) in [5, 5.41) is 13.1. The molecular formula is C7H12N2O4. The van der Waals surface area contributed by atoms with Gasteiger partial charge in [-0.1, -0.05) is 6.92 Å². The SMILES string of the molecule is CCCC1([N+](=O)[O-])CNC(=O)OC1. The summed E-state index contributed by atoms with van der Waals surface area (Å²) in [4.78, 5) is 21.0. The van der Waals surface area contributed by atoms with Gasteiger partial charge in [0, 0.05) is 11.3 Å². The third kappa shape index (κ3) is 1.88. The van der Waals surface area contributed by atoms with Gasteiger partial charge in [-0.3, -0.25) is 10.1 Å². The summed E-state index contributed by atoms with van der Waals surface area (Å²) in [5.41, 5.74) is -1.12. The lowest BCUT2D eigenvalue weighted by Crippen LogP contribution is -2.57. The smallest absolute Gasteiger partial charge is 0.407 e. The van der Waals surface area contributed by atoms with Crippen LogP contribution in [0, 0.1) is 10.1 Å². The van der Waals surface area contributed by atoms with Crippen LogP contribution in [0.15, 0.2) is 0 Å². The summed E-state index contributed by atoms with van der Waals surface area (Å²) in [6, 6.07) is 0. The van der Waals surface area contributed by atoms with Gasteiger partial charge in [0.05, 0.1) is 6.54 Å². The topological polar surface area (TPSA) is 81.5 Å². The van der Waals surface area contributed by atoms with E-state index in [0.29, 0.717) is 12.8 Å². The van der Waals surface area contributed by atoms with Crippen molar-refractivity contribution in [3.05, 3.63) is 10.1 Å². The predicted octanol–water partition coefficient (Wildman–Crippen LogP) is 0.542. The maximum absolute atomic E-state index is 10.7. The lowest BCUT2D eigenvalue weighted by Gasteiger charge is -2.28. The lowest BCUT2D eigenvalue weighted by atomic mass is 9.95. The molecule has 0 bridgehead atoms. The van der Waals surface area contributed by atoms with Crippen LogP contribution in [-0.2, 0) is 4.74 Å². The third-order valence-corrected chi connectivity index (χ3v) is 2.14. The van der Waals surface area contributed by atoms with E-state index >= 15 is 0 Å². The van der Waals surface area contributed by atoms with Crippen molar-refractivity contribution in [2.45, 2.75) is 25.3 Å². The number of rotatable bonds is 3. The first kappa shape index (κ1) is 9.76. The summed E-state index contributed by atoms with van der Waals surface area (Å²) in [7, 11) is 0. The van der Waals surface area contributed by atoms with E-state index in [4.69, 9.17) is 0 Å². The minimum absolute atomic E-state index is 0.0622. The molecule has 0 saturated carbocycles. The molecule has 1 rings (SSSR count). The molecule has 0 aliphatic carbocycles. The molecule has 1 aliphatic heterocycles. The normalized spacial score (nSPS) is 27.6. The van der Waals surface area contributed by atoms with Crippen LogP contribution >= 0.6 is 0 Å². The number of amides is 1. The number of hydrogen-bond donors (Lipinski definition) is 1. The van der Waals surface area contributed by atoms with Gasteiger partial charge in [-0.05, 0) is 6.42 Å². The Labute approximate surface area is 75.4 Å². The fourth-order valence-corrected chi connectivity index (χ4v) is 1.37. The van der Waals surface area contributed by atoms with Crippen LogP contribution in [0.25, 0.3) is 0 Å². The first-order valence-electron chi connectivity index (χ1n) is 4.16. The van der Waals surface area contributed by atoms with Gasteiger partial charge in [0.15, 0.2) is 6.61 Å². The average molecular weight is 188 g/mol. The van der Waals surface area contributed by atoms with Crippen LogP contribution in [-0.4, -0.2) is 29.7 Å². The number of nitrogens with one attached hydrogen (secondary N) is 1.